The van der Waals surface area contributed by atoms with E-state index in [0.717, 1.165) is 31.2 Å². The van der Waals surface area contributed by atoms with Crippen molar-refractivity contribution in [3.63, 3.8) is 0 Å². The Kier molecular flexibility index (Phi) is 10.1. The minimum Gasteiger partial charge on any atom is -0.444 e. The van der Waals surface area contributed by atoms with E-state index < -0.39 is 5.60 Å². The molecule has 0 atom stereocenters. The van der Waals surface area contributed by atoms with Crippen LogP contribution >= 0.6 is 11.8 Å². The van der Waals surface area contributed by atoms with Crippen molar-refractivity contribution < 1.29 is 9.53 Å². The normalized spacial score (nSPS) is 11.9. The van der Waals surface area contributed by atoms with E-state index in [1.54, 1.807) is 18.8 Å². The Morgan fingerprint density at radius 3 is 2.30 bits per heavy atom. The van der Waals surface area contributed by atoms with Crippen molar-refractivity contribution in [1.29, 1.82) is 0 Å². The standard InChI is InChI=1S/C13H28N4O2S/c1-13(2,3)19-12(18)17-8-6-7-15-11(14-4)16-9-10-20-5/h6-10H2,1-5H3,(H,17,18)(H2,14,15,16). The summed E-state index contributed by atoms with van der Waals surface area (Å²) in [7, 11) is 1.74. The van der Waals surface area contributed by atoms with Crippen LogP contribution in [0.3, 0.4) is 0 Å². The van der Waals surface area contributed by atoms with Gasteiger partial charge in [0.25, 0.3) is 0 Å². The number of hydrogen-bond acceptors (Lipinski definition) is 4. The number of carbonyl (C=O) groups excluding carboxylic acids is 1. The summed E-state index contributed by atoms with van der Waals surface area (Å²) in [5.41, 5.74) is -0.453. The van der Waals surface area contributed by atoms with Crippen LogP contribution < -0.4 is 16.0 Å². The molecule has 0 bridgehead atoms. The van der Waals surface area contributed by atoms with E-state index in [2.05, 4.69) is 27.2 Å². The summed E-state index contributed by atoms with van der Waals surface area (Å²) in [4.78, 5) is 15.5. The lowest BCUT2D eigenvalue weighted by Gasteiger charge is -2.19. The average Bonchev–Trinajstić information content (AvgIpc) is 2.34. The molecule has 0 heterocycles. The first-order valence-corrected chi connectivity index (χ1v) is 8.18. The number of hydrogen-bond donors (Lipinski definition) is 3. The third-order valence-corrected chi connectivity index (χ3v) is 2.75. The number of thioether (sulfide) groups is 1. The van der Waals surface area contributed by atoms with E-state index in [1.807, 2.05) is 20.8 Å². The first kappa shape index (κ1) is 18.9. The molecule has 118 valence electrons. The molecule has 0 fully saturated rings. The maximum atomic E-state index is 11.4. The molecule has 3 N–H and O–H groups in total. The molecule has 0 rings (SSSR count). The molecule has 0 unspecified atom stereocenters. The monoisotopic (exact) mass is 304 g/mol. The van der Waals surface area contributed by atoms with Crippen molar-refractivity contribution in [1.82, 2.24) is 16.0 Å². The summed E-state index contributed by atoms with van der Waals surface area (Å²) < 4.78 is 5.14. The number of nitrogens with zero attached hydrogens (tertiary/aromatic N) is 1. The SMILES string of the molecule is CN=C(NCCCNC(=O)OC(C)(C)C)NCCSC. The molecule has 7 heteroatoms. The van der Waals surface area contributed by atoms with E-state index in [-0.39, 0.29) is 6.09 Å². The molecular weight excluding hydrogens is 276 g/mol. The van der Waals surface area contributed by atoms with E-state index in [0.29, 0.717) is 6.54 Å². The zero-order valence-electron chi connectivity index (χ0n) is 13.2. The second kappa shape index (κ2) is 10.7. The summed E-state index contributed by atoms with van der Waals surface area (Å²) >= 11 is 1.79. The van der Waals surface area contributed by atoms with Gasteiger partial charge in [0.2, 0.25) is 0 Å². The van der Waals surface area contributed by atoms with E-state index >= 15 is 0 Å². The Bertz CT molecular complexity index is 303. The van der Waals surface area contributed by atoms with Gasteiger partial charge in [-0.15, -0.1) is 0 Å². The van der Waals surface area contributed by atoms with Gasteiger partial charge in [0.15, 0.2) is 5.96 Å². The van der Waals surface area contributed by atoms with Crippen molar-refractivity contribution in [2.45, 2.75) is 32.8 Å². The highest BCUT2D eigenvalue weighted by molar-refractivity contribution is 7.98. The zero-order chi connectivity index (χ0) is 15.4. The van der Waals surface area contributed by atoms with Crippen molar-refractivity contribution >= 4 is 23.8 Å². The molecule has 0 spiro atoms. The smallest absolute Gasteiger partial charge is 0.407 e. The average molecular weight is 304 g/mol. The number of aliphatic imine (C=N–C) groups is 1. The molecule has 6 nitrogen and oxygen atoms in total. The maximum Gasteiger partial charge on any atom is 0.407 e. The molecule has 0 aromatic heterocycles. The van der Waals surface area contributed by atoms with Crippen molar-refractivity contribution in [2.24, 2.45) is 4.99 Å². The molecule has 0 saturated carbocycles. The first-order valence-electron chi connectivity index (χ1n) is 6.79. The predicted octanol–water partition coefficient (Wildman–Crippen LogP) is 1.43. The first-order chi connectivity index (χ1) is 9.39. The lowest BCUT2D eigenvalue weighted by Crippen LogP contribution is -2.40. The fourth-order valence-electron chi connectivity index (χ4n) is 1.29. The van der Waals surface area contributed by atoms with Gasteiger partial charge in [0, 0.05) is 32.4 Å². The summed E-state index contributed by atoms with van der Waals surface area (Å²) in [5, 5.41) is 9.11. The van der Waals surface area contributed by atoms with Crippen LogP contribution in [-0.4, -0.2) is 56.3 Å². The fraction of sp³-hybridized carbons (Fsp3) is 0.846. The van der Waals surface area contributed by atoms with Crippen molar-refractivity contribution in [2.75, 3.05) is 38.7 Å². The maximum absolute atomic E-state index is 11.4. The zero-order valence-corrected chi connectivity index (χ0v) is 14.0. The van der Waals surface area contributed by atoms with Gasteiger partial charge in [-0.3, -0.25) is 4.99 Å². The van der Waals surface area contributed by atoms with Crippen LogP contribution in [0, 0.1) is 0 Å². The topological polar surface area (TPSA) is 74.8 Å². The van der Waals surface area contributed by atoms with Gasteiger partial charge in [-0.05, 0) is 33.4 Å². The molecule has 0 radical (unpaired) electrons. The van der Waals surface area contributed by atoms with Crippen LogP contribution in [-0.2, 0) is 4.74 Å². The number of carbonyl (C=O) groups is 1. The van der Waals surface area contributed by atoms with Gasteiger partial charge < -0.3 is 20.7 Å². The van der Waals surface area contributed by atoms with Crippen LogP contribution in [0.4, 0.5) is 4.79 Å². The Hall–Kier alpha value is -1.11. The Morgan fingerprint density at radius 1 is 1.15 bits per heavy atom. The van der Waals surface area contributed by atoms with E-state index in [1.165, 1.54) is 0 Å². The fourth-order valence-corrected chi connectivity index (χ4v) is 1.60. The number of alkyl carbamates (subject to hydrolysis) is 1. The lowest BCUT2D eigenvalue weighted by atomic mass is 10.2. The van der Waals surface area contributed by atoms with Crippen LogP contribution in [0.25, 0.3) is 0 Å². The molecular formula is C13H28N4O2S. The summed E-state index contributed by atoms with van der Waals surface area (Å²) in [6.07, 6.45) is 2.50. The van der Waals surface area contributed by atoms with Gasteiger partial charge in [-0.1, -0.05) is 0 Å². The second-order valence-electron chi connectivity index (χ2n) is 5.20. The van der Waals surface area contributed by atoms with Crippen LogP contribution in [0.2, 0.25) is 0 Å². The number of guanidine groups is 1. The highest BCUT2D eigenvalue weighted by atomic mass is 32.2. The minimum atomic E-state index is -0.453. The van der Waals surface area contributed by atoms with Crippen molar-refractivity contribution in [3.05, 3.63) is 0 Å². The van der Waals surface area contributed by atoms with Crippen LogP contribution in [0.1, 0.15) is 27.2 Å². The third kappa shape index (κ3) is 12.0. The lowest BCUT2D eigenvalue weighted by molar-refractivity contribution is 0.0527. The number of ether oxygens (including phenoxy) is 1. The Balaban J connectivity index is 3.62. The molecule has 0 aromatic carbocycles. The highest BCUT2D eigenvalue weighted by Crippen LogP contribution is 2.06. The summed E-state index contributed by atoms with van der Waals surface area (Å²) in [5.74, 6) is 1.83. The summed E-state index contributed by atoms with van der Waals surface area (Å²) in [6.45, 7) is 7.74. The summed E-state index contributed by atoms with van der Waals surface area (Å²) in [6, 6.07) is 0. The third-order valence-electron chi connectivity index (χ3n) is 2.14. The molecule has 0 saturated heterocycles. The predicted molar refractivity (Wildman–Crippen MR) is 86.6 cm³/mol. The van der Waals surface area contributed by atoms with Gasteiger partial charge in [0.1, 0.15) is 5.60 Å². The number of rotatable bonds is 7. The number of amides is 1. The van der Waals surface area contributed by atoms with Crippen molar-refractivity contribution in [3.8, 4) is 0 Å². The minimum absolute atomic E-state index is 0.375. The second-order valence-corrected chi connectivity index (χ2v) is 6.19. The highest BCUT2D eigenvalue weighted by Gasteiger charge is 2.15. The largest absolute Gasteiger partial charge is 0.444 e. The van der Waals surface area contributed by atoms with Crippen LogP contribution in [0.5, 0.6) is 0 Å². The van der Waals surface area contributed by atoms with Gasteiger partial charge >= 0.3 is 6.09 Å². The van der Waals surface area contributed by atoms with E-state index in [9.17, 15) is 4.79 Å². The van der Waals surface area contributed by atoms with E-state index in [4.69, 9.17) is 4.74 Å². The Labute approximate surface area is 126 Å². The molecule has 1 amide bonds. The molecule has 20 heavy (non-hydrogen) atoms. The number of nitrogens with one attached hydrogen (secondary N) is 3. The molecule has 0 aliphatic heterocycles. The Morgan fingerprint density at radius 2 is 1.75 bits per heavy atom. The van der Waals surface area contributed by atoms with Crippen LogP contribution in [0.15, 0.2) is 4.99 Å². The molecule has 0 aromatic rings. The molecule has 0 aliphatic carbocycles. The quantitative estimate of drug-likeness (QED) is 0.377. The molecule has 0 aliphatic rings. The van der Waals surface area contributed by atoms with Gasteiger partial charge in [-0.2, -0.15) is 11.8 Å². The van der Waals surface area contributed by atoms with Gasteiger partial charge in [-0.25, -0.2) is 4.79 Å². The van der Waals surface area contributed by atoms with Gasteiger partial charge in [0.05, 0.1) is 0 Å².